The molecule has 0 aliphatic heterocycles. The van der Waals surface area contributed by atoms with Crippen molar-refractivity contribution >= 4 is 21.8 Å². The lowest BCUT2D eigenvalue weighted by molar-refractivity contribution is 0.0954. The molecular weight excluding hydrogens is 330 g/mol. The summed E-state index contributed by atoms with van der Waals surface area (Å²) in [6, 6.07) is 13.6. The van der Waals surface area contributed by atoms with Gasteiger partial charge in [-0.3, -0.25) is 4.79 Å². The lowest BCUT2D eigenvalue weighted by Crippen LogP contribution is -2.25. The highest BCUT2D eigenvalue weighted by Gasteiger charge is 2.06. The molecule has 21 heavy (non-hydrogen) atoms. The summed E-state index contributed by atoms with van der Waals surface area (Å²) in [4.78, 5) is 12.1. The van der Waals surface area contributed by atoms with Crippen molar-refractivity contribution in [1.29, 1.82) is 0 Å². The van der Waals surface area contributed by atoms with Crippen molar-refractivity contribution in [2.75, 3.05) is 13.7 Å². The molecule has 4 heteroatoms. The standard InChI is InChI=1S/C17H18BrNO2/c1-12-9-14(11-15(18)10-12)17(20)19-8-7-13-3-5-16(21-2)6-4-13/h3-6,9-11H,7-8H2,1-2H3,(H,19,20). The van der Waals surface area contributed by atoms with Crippen molar-refractivity contribution in [3.63, 3.8) is 0 Å². The molecule has 0 radical (unpaired) electrons. The summed E-state index contributed by atoms with van der Waals surface area (Å²) in [5, 5.41) is 2.94. The van der Waals surface area contributed by atoms with E-state index < -0.39 is 0 Å². The van der Waals surface area contributed by atoms with Crippen LogP contribution in [-0.2, 0) is 6.42 Å². The van der Waals surface area contributed by atoms with Gasteiger partial charge in [-0.25, -0.2) is 0 Å². The molecule has 2 aromatic carbocycles. The van der Waals surface area contributed by atoms with E-state index in [0.717, 1.165) is 22.2 Å². The third-order valence-corrected chi connectivity index (χ3v) is 3.62. The summed E-state index contributed by atoms with van der Waals surface area (Å²) in [5.74, 6) is 0.792. The Bertz CT molecular complexity index is 603. The van der Waals surface area contributed by atoms with E-state index in [9.17, 15) is 4.79 Å². The molecule has 0 spiro atoms. The summed E-state index contributed by atoms with van der Waals surface area (Å²) < 4.78 is 6.04. The van der Waals surface area contributed by atoms with Gasteiger partial charge in [0.05, 0.1) is 7.11 Å². The summed E-state index contributed by atoms with van der Waals surface area (Å²) in [6.07, 6.45) is 0.794. The molecule has 110 valence electrons. The Morgan fingerprint density at radius 2 is 1.90 bits per heavy atom. The Kier molecular flexibility index (Phi) is 5.39. The smallest absolute Gasteiger partial charge is 0.251 e. The average molecular weight is 348 g/mol. The van der Waals surface area contributed by atoms with Crippen LogP contribution >= 0.6 is 15.9 Å². The Morgan fingerprint density at radius 1 is 1.19 bits per heavy atom. The number of amides is 1. The Hall–Kier alpha value is -1.81. The highest BCUT2D eigenvalue weighted by Crippen LogP contribution is 2.15. The number of hydrogen-bond donors (Lipinski definition) is 1. The van der Waals surface area contributed by atoms with Crippen LogP contribution < -0.4 is 10.1 Å². The number of halogens is 1. The predicted molar refractivity (Wildman–Crippen MR) is 87.9 cm³/mol. The minimum absolute atomic E-state index is 0.0482. The largest absolute Gasteiger partial charge is 0.497 e. The molecule has 1 N–H and O–H groups in total. The van der Waals surface area contributed by atoms with Crippen LogP contribution in [0.1, 0.15) is 21.5 Å². The average Bonchev–Trinajstić information content (AvgIpc) is 2.47. The molecule has 0 saturated carbocycles. The number of ether oxygens (including phenoxy) is 1. The van der Waals surface area contributed by atoms with E-state index in [1.165, 1.54) is 5.56 Å². The summed E-state index contributed by atoms with van der Waals surface area (Å²) >= 11 is 3.41. The SMILES string of the molecule is COc1ccc(CCNC(=O)c2cc(C)cc(Br)c2)cc1. The lowest BCUT2D eigenvalue weighted by atomic mass is 10.1. The quantitative estimate of drug-likeness (QED) is 0.894. The third-order valence-electron chi connectivity index (χ3n) is 3.16. The minimum atomic E-state index is -0.0482. The summed E-state index contributed by atoms with van der Waals surface area (Å²) in [5.41, 5.74) is 2.91. The van der Waals surface area contributed by atoms with E-state index in [4.69, 9.17) is 4.74 Å². The second kappa shape index (κ2) is 7.27. The molecule has 2 rings (SSSR count). The van der Waals surface area contributed by atoms with Gasteiger partial charge in [-0.15, -0.1) is 0 Å². The fourth-order valence-electron chi connectivity index (χ4n) is 2.08. The van der Waals surface area contributed by atoms with Crippen molar-refractivity contribution in [3.8, 4) is 5.75 Å². The molecular formula is C17H18BrNO2. The first-order chi connectivity index (χ1) is 10.1. The second-order valence-corrected chi connectivity index (χ2v) is 5.79. The van der Waals surface area contributed by atoms with E-state index in [1.54, 1.807) is 7.11 Å². The van der Waals surface area contributed by atoms with E-state index in [0.29, 0.717) is 12.1 Å². The predicted octanol–water partition coefficient (Wildman–Crippen LogP) is 3.74. The summed E-state index contributed by atoms with van der Waals surface area (Å²) in [7, 11) is 1.65. The second-order valence-electron chi connectivity index (χ2n) is 4.87. The monoisotopic (exact) mass is 347 g/mol. The maximum atomic E-state index is 12.1. The Labute approximate surface area is 133 Å². The number of aryl methyl sites for hydroxylation is 1. The maximum absolute atomic E-state index is 12.1. The van der Waals surface area contributed by atoms with Gasteiger partial charge < -0.3 is 10.1 Å². The number of nitrogens with one attached hydrogen (secondary N) is 1. The van der Waals surface area contributed by atoms with Crippen LogP contribution in [0.4, 0.5) is 0 Å². The lowest BCUT2D eigenvalue weighted by Gasteiger charge is -2.07. The topological polar surface area (TPSA) is 38.3 Å². The highest BCUT2D eigenvalue weighted by molar-refractivity contribution is 9.10. The van der Waals surface area contributed by atoms with Crippen molar-refractivity contribution in [3.05, 3.63) is 63.6 Å². The minimum Gasteiger partial charge on any atom is -0.497 e. The third kappa shape index (κ3) is 4.60. The van der Waals surface area contributed by atoms with Crippen LogP contribution in [0.25, 0.3) is 0 Å². The van der Waals surface area contributed by atoms with Gasteiger partial charge in [0, 0.05) is 16.6 Å². The molecule has 0 aliphatic rings. The van der Waals surface area contributed by atoms with Gasteiger partial charge in [-0.2, -0.15) is 0 Å². The number of carbonyl (C=O) groups excluding carboxylic acids is 1. The van der Waals surface area contributed by atoms with Gasteiger partial charge in [-0.05, 0) is 54.8 Å². The number of rotatable bonds is 5. The molecule has 0 atom stereocenters. The fourth-order valence-corrected chi connectivity index (χ4v) is 2.69. The molecule has 0 aliphatic carbocycles. The van der Waals surface area contributed by atoms with Crippen LogP contribution in [0.5, 0.6) is 5.75 Å². The van der Waals surface area contributed by atoms with E-state index in [2.05, 4.69) is 21.2 Å². The number of hydrogen-bond acceptors (Lipinski definition) is 2. The van der Waals surface area contributed by atoms with Crippen LogP contribution in [0.3, 0.4) is 0 Å². The van der Waals surface area contributed by atoms with Gasteiger partial charge in [0.1, 0.15) is 5.75 Å². The van der Waals surface area contributed by atoms with Crippen LogP contribution in [0.2, 0.25) is 0 Å². The molecule has 0 heterocycles. The van der Waals surface area contributed by atoms with Crippen LogP contribution in [0.15, 0.2) is 46.9 Å². The van der Waals surface area contributed by atoms with Gasteiger partial charge >= 0.3 is 0 Å². The van der Waals surface area contributed by atoms with Crippen LogP contribution in [-0.4, -0.2) is 19.6 Å². The Balaban J connectivity index is 1.88. The maximum Gasteiger partial charge on any atom is 0.251 e. The molecule has 0 aromatic heterocycles. The van der Waals surface area contributed by atoms with E-state index in [1.807, 2.05) is 49.4 Å². The molecule has 1 amide bonds. The zero-order valence-corrected chi connectivity index (χ0v) is 13.7. The Morgan fingerprint density at radius 3 is 2.52 bits per heavy atom. The van der Waals surface area contributed by atoms with E-state index in [-0.39, 0.29) is 5.91 Å². The van der Waals surface area contributed by atoms with Gasteiger partial charge in [0.25, 0.3) is 5.91 Å². The molecule has 2 aromatic rings. The van der Waals surface area contributed by atoms with Crippen molar-refractivity contribution in [1.82, 2.24) is 5.32 Å². The molecule has 3 nitrogen and oxygen atoms in total. The van der Waals surface area contributed by atoms with Crippen molar-refractivity contribution in [2.24, 2.45) is 0 Å². The van der Waals surface area contributed by atoms with Crippen LogP contribution in [0, 0.1) is 6.92 Å². The van der Waals surface area contributed by atoms with Crippen molar-refractivity contribution < 1.29 is 9.53 Å². The molecule has 0 fully saturated rings. The number of benzene rings is 2. The van der Waals surface area contributed by atoms with Gasteiger partial charge in [0.2, 0.25) is 0 Å². The number of carbonyl (C=O) groups is 1. The van der Waals surface area contributed by atoms with Crippen molar-refractivity contribution in [2.45, 2.75) is 13.3 Å². The summed E-state index contributed by atoms with van der Waals surface area (Å²) in [6.45, 7) is 2.58. The highest BCUT2D eigenvalue weighted by atomic mass is 79.9. The van der Waals surface area contributed by atoms with Gasteiger partial charge in [0.15, 0.2) is 0 Å². The first kappa shape index (κ1) is 15.6. The fraction of sp³-hybridized carbons (Fsp3) is 0.235. The normalized spacial score (nSPS) is 10.2. The molecule has 0 bridgehead atoms. The number of methoxy groups -OCH3 is 1. The van der Waals surface area contributed by atoms with Gasteiger partial charge in [-0.1, -0.05) is 28.1 Å². The zero-order chi connectivity index (χ0) is 15.2. The molecule has 0 unspecified atom stereocenters. The molecule has 0 saturated heterocycles. The first-order valence-electron chi connectivity index (χ1n) is 6.77. The first-order valence-corrected chi connectivity index (χ1v) is 7.56. The zero-order valence-electron chi connectivity index (χ0n) is 12.2. The van der Waals surface area contributed by atoms with E-state index >= 15 is 0 Å².